The quantitative estimate of drug-likeness (QED) is 0.680. The Bertz CT molecular complexity index is 671. The van der Waals surface area contributed by atoms with Crippen molar-refractivity contribution in [2.45, 2.75) is 0 Å². The summed E-state index contributed by atoms with van der Waals surface area (Å²) in [4.78, 5) is 11.6. The first kappa shape index (κ1) is 13.8. The molecule has 0 atom stereocenters. The van der Waals surface area contributed by atoms with Crippen LogP contribution in [-0.4, -0.2) is 12.1 Å². The van der Waals surface area contributed by atoms with Gasteiger partial charge in [0, 0.05) is 0 Å². The van der Waals surface area contributed by atoms with Crippen molar-refractivity contribution >= 4 is 12.1 Å². The summed E-state index contributed by atoms with van der Waals surface area (Å²) in [6.45, 7) is 0. The third kappa shape index (κ3) is 3.23. The highest BCUT2D eigenvalue weighted by Gasteiger charge is 2.09. The number of carbonyl (C=O) groups is 1. The fourth-order valence-electron chi connectivity index (χ4n) is 1.46. The Morgan fingerprint density at radius 1 is 1.00 bits per heavy atom. The molecule has 0 unspecified atom stereocenters. The first-order chi connectivity index (χ1) is 9.58. The number of hydrogen-bond acceptors (Lipinski definition) is 2. The average Bonchev–Trinajstić information content (AvgIpc) is 2.43. The van der Waals surface area contributed by atoms with Gasteiger partial charge in [0.2, 0.25) is 0 Å². The smallest absolute Gasteiger partial charge is 0.267 e. The zero-order valence-corrected chi connectivity index (χ0v) is 10.1. The van der Waals surface area contributed by atoms with E-state index in [1.54, 1.807) is 0 Å². The van der Waals surface area contributed by atoms with E-state index in [0.717, 1.165) is 24.4 Å². The number of carbonyl (C=O) groups excluding carboxylic acids is 1. The topological polar surface area (TPSA) is 41.5 Å². The number of rotatable bonds is 3. The van der Waals surface area contributed by atoms with E-state index >= 15 is 0 Å². The van der Waals surface area contributed by atoms with E-state index in [1.807, 2.05) is 0 Å². The number of halogens is 3. The predicted octanol–water partition coefficient (Wildman–Crippen LogP) is 2.87. The predicted molar refractivity (Wildman–Crippen MR) is 67.8 cm³/mol. The van der Waals surface area contributed by atoms with E-state index < -0.39 is 23.4 Å². The maximum atomic E-state index is 13.3. The van der Waals surface area contributed by atoms with E-state index in [-0.39, 0.29) is 11.1 Å². The van der Waals surface area contributed by atoms with E-state index in [4.69, 9.17) is 0 Å². The lowest BCUT2D eigenvalue weighted by Crippen LogP contribution is -2.18. The summed E-state index contributed by atoms with van der Waals surface area (Å²) < 4.78 is 38.9. The van der Waals surface area contributed by atoms with Gasteiger partial charge in [-0.05, 0) is 29.8 Å². The molecular formula is C14H9F3N2O. The minimum absolute atomic E-state index is 0.157. The Morgan fingerprint density at radius 2 is 1.75 bits per heavy atom. The van der Waals surface area contributed by atoms with Crippen LogP contribution >= 0.6 is 0 Å². The Morgan fingerprint density at radius 3 is 2.45 bits per heavy atom. The van der Waals surface area contributed by atoms with Gasteiger partial charge in [0.05, 0.1) is 11.8 Å². The van der Waals surface area contributed by atoms with E-state index in [1.165, 1.54) is 24.3 Å². The minimum Gasteiger partial charge on any atom is -0.267 e. The second kappa shape index (κ2) is 6.01. The van der Waals surface area contributed by atoms with Crippen molar-refractivity contribution in [3.8, 4) is 0 Å². The van der Waals surface area contributed by atoms with Gasteiger partial charge in [0.15, 0.2) is 11.6 Å². The van der Waals surface area contributed by atoms with Crippen molar-refractivity contribution in [3.05, 3.63) is 71.0 Å². The van der Waals surface area contributed by atoms with Crippen LogP contribution in [0.4, 0.5) is 13.2 Å². The van der Waals surface area contributed by atoms with Gasteiger partial charge in [0.1, 0.15) is 5.82 Å². The number of nitrogens with one attached hydrogen (secondary N) is 1. The second-order valence-electron chi connectivity index (χ2n) is 3.85. The summed E-state index contributed by atoms with van der Waals surface area (Å²) in [5.74, 6) is -3.40. The number of amides is 1. The molecule has 2 aromatic rings. The first-order valence-electron chi connectivity index (χ1n) is 5.61. The number of benzene rings is 2. The van der Waals surface area contributed by atoms with Crippen LogP contribution in [0.15, 0.2) is 47.6 Å². The summed E-state index contributed by atoms with van der Waals surface area (Å²) in [5, 5.41) is 3.55. The van der Waals surface area contributed by atoms with Crippen molar-refractivity contribution in [1.29, 1.82) is 0 Å². The van der Waals surface area contributed by atoms with Crippen LogP contribution in [0.2, 0.25) is 0 Å². The van der Waals surface area contributed by atoms with Crippen LogP contribution in [-0.2, 0) is 0 Å². The van der Waals surface area contributed by atoms with Gasteiger partial charge in [-0.3, -0.25) is 4.79 Å². The normalized spacial score (nSPS) is 10.8. The highest BCUT2D eigenvalue weighted by molar-refractivity contribution is 5.95. The molecule has 0 radical (unpaired) electrons. The van der Waals surface area contributed by atoms with Gasteiger partial charge in [-0.2, -0.15) is 5.10 Å². The molecule has 0 aliphatic rings. The third-order valence-electron chi connectivity index (χ3n) is 2.44. The molecule has 0 aliphatic heterocycles. The van der Waals surface area contributed by atoms with E-state index in [0.29, 0.717) is 0 Å². The van der Waals surface area contributed by atoms with Gasteiger partial charge in [-0.25, -0.2) is 18.6 Å². The van der Waals surface area contributed by atoms with Gasteiger partial charge < -0.3 is 0 Å². The maximum absolute atomic E-state index is 13.3. The van der Waals surface area contributed by atoms with Crippen LogP contribution in [0.5, 0.6) is 0 Å². The summed E-state index contributed by atoms with van der Waals surface area (Å²) in [6, 6.07) is 8.57. The molecule has 0 bridgehead atoms. The van der Waals surface area contributed by atoms with E-state index in [2.05, 4.69) is 10.5 Å². The van der Waals surface area contributed by atoms with Crippen LogP contribution < -0.4 is 5.43 Å². The molecule has 1 amide bonds. The van der Waals surface area contributed by atoms with Gasteiger partial charge in [-0.15, -0.1) is 0 Å². The molecule has 1 N–H and O–H groups in total. The molecule has 0 spiro atoms. The fraction of sp³-hybridized carbons (Fsp3) is 0. The molecular weight excluding hydrogens is 269 g/mol. The van der Waals surface area contributed by atoms with Crippen molar-refractivity contribution < 1.29 is 18.0 Å². The molecule has 6 heteroatoms. The van der Waals surface area contributed by atoms with E-state index in [9.17, 15) is 18.0 Å². The number of hydrogen-bond donors (Lipinski definition) is 1. The Labute approximate surface area is 112 Å². The highest BCUT2D eigenvalue weighted by Crippen LogP contribution is 2.07. The van der Waals surface area contributed by atoms with Crippen molar-refractivity contribution in [1.82, 2.24) is 5.43 Å². The molecule has 2 rings (SSSR count). The maximum Gasteiger partial charge on any atom is 0.274 e. The largest absolute Gasteiger partial charge is 0.274 e. The van der Waals surface area contributed by atoms with Gasteiger partial charge in [0.25, 0.3) is 5.91 Å². The molecule has 3 nitrogen and oxygen atoms in total. The van der Waals surface area contributed by atoms with Crippen molar-refractivity contribution in [3.63, 3.8) is 0 Å². The summed E-state index contributed by atoms with van der Waals surface area (Å²) in [7, 11) is 0. The molecule has 20 heavy (non-hydrogen) atoms. The molecule has 0 aliphatic carbocycles. The van der Waals surface area contributed by atoms with Gasteiger partial charge in [-0.1, -0.05) is 18.2 Å². The summed E-state index contributed by atoms with van der Waals surface area (Å²) in [5.41, 5.74) is 2.20. The molecule has 2 aromatic carbocycles. The SMILES string of the molecule is O=C(N/N=C\c1ccc(F)c(F)c1)c1ccccc1F. The minimum atomic E-state index is -1.02. The Balaban J connectivity index is 2.05. The highest BCUT2D eigenvalue weighted by atomic mass is 19.2. The monoisotopic (exact) mass is 278 g/mol. The van der Waals surface area contributed by atoms with Crippen LogP contribution in [0.1, 0.15) is 15.9 Å². The summed E-state index contributed by atoms with van der Waals surface area (Å²) >= 11 is 0. The number of nitrogens with zero attached hydrogens (tertiary/aromatic N) is 1. The lowest BCUT2D eigenvalue weighted by molar-refractivity contribution is 0.0951. The standard InChI is InChI=1S/C14H9F3N2O/c15-11-4-2-1-3-10(11)14(20)19-18-8-9-5-6-12(16)13(17)7-9/h1-8H,(H,19,20)/b18-8-. The third-order valence-corrected chi connectivity index (χ3v) is 2.44. The van der Waals surface area contributed by atoms with Crippen LogP contribution in [0, 0.1) is 17.5 Å². The van der Waals surface area contributed by atoms with Crippen molar-refractivity contribution in [2.24, 2.45) is 5.10 Å². The number of hydrazone groups is 1. The molecule has 0 saturated carbocycles. The zero-order valence-electron chi connectivity index (χ0n) is 10.1. The molecule has 102 valence electrons. The fourth-order valence-corrected chi connectivity index (χ4v) is 1.46. The average molecular weight is 278 g/mol. The zero-order chi connectivity index (χ0) is 14.5. The molecule has 0 fully saturated rings. The molecule has 0 aromatic heterocycles. The van der Waals surface area contributed by atoms with Gasteiger partial charge >= 0.3 is 0 Å². The Kier molecular flexibility index (Phi) is 4.14. The van der Waals surface area contributed by atoms with Crippen LogP contribution in [0.3, 0.4) is 0 Å². The molecule has 0 heterocycles. The van der Waals surface area contributed by atoms with Crippen molar-refractivity contribution in [2.75, 3.05) is 0 Å². The first-order valence-corrected chi connectivity index (χ1v) is 5.61. The second-order valence-corrected chi connectivity index (χ2v) is 3.85. The lowest BCUT2D eigenvalue weighted by Gasteiger charge is -2.00. The summed E-state index contributed by atoms with van der Waals surface area (Å²) in [6.07, 6.45) is 1.13. The lowest BCUT2D eigenvalue weighted by atomic mass is 10.2. The Hall–Kier alpha value is -2.63. The van der Waals surface area contributed by atoms with Crippen LogP contribution in [0.25, 0.3) is 0 Å². The molecule has 0 saturated heterocycles.